The van der Waals surface area contributed by atoms with Crippen LogP contribution in [-0.4, -0.2) is 28.5 Å². The molecule has 0 saturated carbocycles. The number of hydrogen-bond donors (Lipinski definition) is 2. The van der Waals surface area contributed by atoms with Crippen molar-refractivity contribution in [1.82, 2.24) is 9.97 Å². The second-order valence-corrected chi connectivity index (χ2v) is 3.95. The minimum atomic E-state index is -0.546. The fraction of sp³-hybridized carbons (Fsp3) is 0.200. The average molecular weight is 274 g/mol. The third kappa shape index (κ3) is 3.01. The van der Waals surface area contributed by atoms with Crippen LogP contribution in [0, 0.1) is 0 Å². The first-order chi connectivity index (χ1) is 8.19. The predicted molar refractivity (Wildman–Crippen MR) is 66.8 cm³/mol. The molecule has 5 nitrogen and oxygen atoms in total. The summed E-state index contributed by atoms with van der Waals surface area (Å²) in [4.78, 5) is 18.2. The van der Waals surface area contributed by atoms with E-state index in [0.717, 1.165) is 11.0 Å². The van der Waals surface area contributed by atoms with Crippen molar-refractivity contribution in [3.63, 3.8) is 0 Å². The lowest BCUT2D eigenvalue weighted by Crippen LogP contribution is -2.14. The summed E-state index contributed by atoms with van der Waals surface area (Å²) in [6.07, 6.45) is -0.546. The smallest absolute Gasteiger partial charge is 0.411 e. The van der Waals surface area contributed by atoms with Crippen molar-refractivity contribution in [2.75, 3.05) is 17.8 Å². The first-order valence-corrected chi connectivity index (χ1v) is 5.75. The molecule has 0 aliphatic carbocycles. The van der Waals surface area contributed by atoms with E-state index in [0.29, 0.717) is 11.0 Å². The maximum absolute atomic E-state index is 11.3. The van der Waals surface area contributed by atoms with E-state index < -0.39 is 6.09 Å². The van der Waals surface area contributed by atoms with Gasteiger partial charge in [-0.1, -0.05) is 0 Å². The minimum Gasteiger partial charge on any atom is -0.448 e. The summed E-state index contributed by atoms with van der Waals surface area (Å²) in [6.45, 7) is 0.172. The number of halogens is 2. The number of hydrogen-bond acceptors (Lipinski definition) is 3. The highest BCUT2D eigenvalue weighted by Crippen LogP contribution is 2.19. The highest BCUT2D eigenvalue weighted by molar-refractivity contribution is 6.29. The van der Waals surface area contributed by atoms with Crippen LogP contribution in [0.3, 0.4) is 0 Å². The third-order valence-electron chi connectivity index (χ3n) is 2.01. The summed E-state index contributed by atoms with van der Waals surface area (Å²) in [6, 6.07) is 5.17. The number of anilines is 1. The van der Waals surface area contributed by atoms with Crippen molar-refractivity contribution >= 4 is 46.0 Å². The summed E-state index contributed by atoms with van der Waals surface area (Å²) in [5.74, 6) is 0.266. The molecule has 2 rings (SSSR count). The molecular weight excluding hydrogens is 265 g/mol. The highest BCUT2D eigenvalue weighted by Gasteiger charge is 2.05. The van der Waals surface area contributed by atoms with E-state index in [1.807, 2.05) is 0 Å². The monoisotopic (exact) mass is 273 g/mol. The number of aromatic amines is 1. The summed E-state index contributed by atoms with van der Waals surface area (Å²) >= 11 is 11.1. The summed E-state index contributed by atoms with van der Waals surface area (Å²) < 4.78 is 4.78. The maximum atomic E-state index is 11.3. The van der Waals surface area contributed by atoms with Crippen LogP contribution in [0.1, 0.15) is 0 Å². The second kappa shape index (κ2) is 5.25. The lowest BCUT2D eigenvalue weighted by molar-refractivity contribution is 0.168. The first kappa shape index (κ1) is 12.0. The van der Waals surface area contributed by atoms with Crippen molar-refractivity contribution in [3.05, 3.63) is 23.5 Å². The molecule has 0 radical (unpaired) electrons. The van der Waals surface area contributed by atoms with Crippen molar-refractivity contribution in [2.24, 2.45) is 0 Å². The maximum Gasteiger partial charge on any atom is 0.411 e. The van der Waals surface area contributed by atoms with Gasteiger partial charge in [0, 0.05) is 5.69 Å². The Balaban J connectivity index is 2.10. The molecule has 0 aliphatic heterocycles. The molecule has 0 spiro atoms. The van der Waals surface area contributed by atoms with Crippen LogP contribution in [0.15, 0.2) is 18.2 Å². The Labute approximate surface area is 107 Å². The third-order valence-corrected chi connectivity index (χ3v) is 2.34. The number of nitrogens with zero attached hydrogens (tertiary/aromatic N) is 1. The molecule has 17 heavy (non-hydrogen) atoms. The Bertz CT molecular complexity index is 541. The molecule has 0 bridgehead atoms. The van der Waals surface area contributed by atoms with Gasteiger partial charge >= 0.3 is 6.09 Å². The van der Waals surface area contributed by atoms with Crippen LogP contribution < -0.4 is 5.32 Å². The minimum absolute atomic E-state index is 0.172. The van der Waals surface area contributed by atoms with Gasteiger partial charge in [0.1, 0.15) is 6.61 Å². The van der Waals surface area contributed by atoms with Crippen LogP contribution in [0.25, 0.3) is 11.0 Å². The van der Waals surface area contributed by atoms with E-state index in [2.05, 4.69) is 15.3 Å². The van der Waals surface area contributed by atoms with E-state index in [4.69, 9.17) is 27.9 Å². The van der Waals surface area contributed by atoms with Gasteiger partial charge in [-0.15, -0.1) is 11.6 Å². The standard InChI is InChI=1S/C10H9Cl2N3O2/c11-3-4-17-10(16)13-6-1-2-7-8(5-6)15-9(12)14-7/h1-2,5H,3-4H2,(H,13,16)(H,14,15). The summed E-state index contributed by atoms with van der Waals surface area (Å²) in [5, 5.41) is 2.87. The Kier molecular flexibility index (Phi) is 3.71. The second-order valence-electron chi connectivity index (χ2n) is 3.21. The fourth-order valence-corrected chi connectivity index (χ4v) is 1.61. The number of carbonyl (C=O) groups excluding carboxylic acids is 1. The zero-order valence-corrected chi connectivity index (χ0v) is 10.2. The fourth-order valence-electron chi connectivity index (χ4n) is 1.34. The summed E-state index contributed by atoms with van der Waals surface area (Å²) in [5.41, 5.74) is 2.07. The lowest BCUT2D eigenvalue weighted by atomic mass is 10.3. The molecule has 2 N–H and O–H groups in total. The van der Waals surface area contributed by atoms with Crippen molar-refractivity contribution in [2.45, 2.75) is 0 Å². The zero-order chi connectivity index (χ0) is 12.3. The van der Waals surface area contributed by atoms with Crippen molar-refractivity contribution < 1.29 is 9.53 Å². The summed E-state index contributed by atoms with van der Waals surface area (Å²) in [7, 11) is 0. The van der Waals surface area contributed by atoms with Crippen molar-refractivity contribution in [3.8, 4) is 0 Å². The molecule has 1 amide bonds. The normalized spacial score (nSPS) is 10.5. The highest BCUT2D eigenvalue weighted by atomic mass is 35.5. The molecule has 2 aromatic rings. The van der Waals surface area contributed by atoms with Crippen LogP contribution in [0.4, 0.5) is 10.5 Å². The van der Waals surface area contributed by atoms with Crippen LogP contribution in [0.2, 0.25) is 5.28 Å². The van der Waals surface area contributed by atoms with Gasteiger partial charge in [-0.2, -0.15) is 0 Å². The number of fused-ring (bicyclic) bond motifs is 1. The van der Waals surface area contributed by atoms with Gasteiger partial charge in [0.15, 0.2) is 0 Å². The number of imidazole rings is 1. The average Bonchev–Trinajstić information content (AvgIpc) is 2.65. The van der Waals surface area contributed by atoms with Gasteiger partial charge in [0.25, 0.3) is 0 Å². The molecule has 7 heteroatoms. The molecule has 90 valence electrons. The van der Waals surface area contributed by atoms with Crippen LogP contribution >= 0.6 is 23.2 Å². The molecule has 0 atom stereocenters. The van der Waals surface area contributed by atoms with Crippen LogP contribution in [-0.2, 0) is 4.74 Å². The lowest BCUT2D eigenvalue weighted by Gasteiger charge is -2.05. The molecule has 0 fully saturated rings. The van der Waals surface area contributed by atoms with E-state index in [1.54, 1.807) is 18.2 Å². The number of rotatable bonds is 3. The van der Waals surface area contributed by atoms with E-state index >= 15 is 0 Å². The Morgan fingerprint density at radius 3 is 3.12 bits per heavy atom. The molecule has 1 heterocycles. The van der Waals surface area contributed by atoms with Gasteiger partial charge < -0.3 is 9.72 Å². The molecule has 0 saturated heterocycles. The molecule has 1 aromatic heterocycles. The van der Waals surface area contributed by atoms with E-state index in [-0.39, 0.29) is 12.5 Å². The topological polar surface area (TPSA) is 67.0 Å². The van der Waals surface area contributed by atoms with Gasteiger partial charge in [-0.05, 0) is 29.8 Å². The first-order valence-electron chi connectivity index (χ1n) is 4.84. The Morgan fingerprint density at radius 2 is 2.35 bits per heavy atom. The Morgan fingerprint density at radius 1 is 1.53 bits per heavy atom. The number of ether oxygens (including phenoxy) is 1. The number of H-pyrrole nitrogens is 1. The molecule has 1 aromatic carbocycles. The number of alkyl halides is 1. The number of amides is 1. The van der Waals surface area contributed by atoms with E-state index in [1.165, 1.54) is 0 Å². The quantitative estimate of drug-likeness (QED) is 0.845. The largest absolute Gasteiger partial charge is 0.448 e. The predicted octanol–water partition coefficient (Wildman–Crippen LogP) is 3.00. The van der Waals surface area contributed by atoms with Gasteiger partial charge in [0.2, 0.25) is 5.28 Å². The number of aromatic nitrogens is 2. The molecule has 0 unspecified atom stereocenters. The molecule has 0 aliphatic rings. The number of nitrogens with one attached hydrogen (secondary N) is 2. The van der Waals surface area contributed by atoms with Crippen molar-refractivity contribution in [1.29, 1.82) is 0 Å². The van der Waals surface area contributed by atoms with Gasteiger partial charge in [-0.3, -0.25) is 5.32 Å². The zero-order valence-electron chi connectivity index (χ0n) is 8.67. The Hall–Kier alpha value is -1.46. The van der Waals surface area contributed by atoms with Gasteiger partial charge in [-0.25, -0.2) is 9.78 Å². The number of carbonyl (C=O) groups is 1. The van der Waals surface area contributed by atoms with Crippen LogP contribution in [0.5, 0.6) is 0 Å². The van der Waals surface area contributed by atoms with Gasteiger partial charge in [0.05, 0.1) is 16.9 Å². The SMILES string of the molecule is O=C(Nc1ccc2nc(Cl)[nH]c2c1)OCCCl. The van der Waals surface area contributed by atoms with E-state index in [9.17, 15) is 4.79 Å². The molecular formula is C10H9Cl2N3O2. The number of benzene rings is 1.